The van der Waals surface area contributed by atoms with Crippen molar-refractivity contribution in [3.05, 3.63) is 29.3 Å². The van der Waals surface area contributed by atoms with E-state index in [-0.39, 0.29) is 24.4 Å². The fraction of sp³-hybridized carbons (Fsp3) is 0.556. The second-order valence-electron chi connectivity index (χ2n) is 6.89. The van der Waals surface area contributed by atoms with Gasteiger partial charge in [0.05, 0.1) is 13.2 Å². The minimum Gasteiger partial charge on any atom is -0.492 e. The maximum absolute atomic E-state index is 11.1. The molecule has 5 atom stereocenters. The lowest BCUT2D eigenvalue weighted by atomic mass is 9.66. The van der Waals surface area contributed by atoms with E-state index in [4.69, 9.17) is 18.9 Å². The van der Waals surface area contributed by atoms with Crippen LogP contribution in [-0.4, -0.2) is 49.7 Å². The standard InChI is InChI=1S/C18H21NO5/c1-21-10-3-4-18-5-6-19(13(18)7-10)17(20)14-11(18)8-12-15(16(14)22-2)24-9-23-12/h3-4,8,10,13,17,20H,5-7,9H2,1-2H3/t10?,13-,17?,18-/m1/s1. The van der Waals surface area contributed by atoms with Gasteiger partial charge < -0.3 is 24.1 Å². The van der Waals surface area contributed by atoms with Gasteiger partial charge in [0.2, 0.25) is 12.5 Å². The zero-order valence-electron chi connectivity index (χ0n) is 13.8. The fourth-order valence-electron chi connectivity index (χ4n) is 4.96. The van der Waals surface area contributed by atoms with E-state index in [1.54, 1.807) is 14.2 Å². The number of fused-ring (bicyclic) bond motifs is 2. The molecule has 3 aliphatic heterocycles. The highest BCUT2D eigenvalue weighted by Gasteiger charge is 2.57. The van der Waals surface area contributed by atoms with Gasteiger partial charge in [-0.1, -0.05) is 12.2 Å². The van der Waals surface area contributed by atoms with E-state index in [1.165, 1.54) is 0 Å². The van der Waals surface area contributed by atoms with E-state index < -0.39 is 6.23 Å². The Labute approximate surface area is 140 Å². The van der Waals surface area contributed by atoms with E-state index in [0.717, 1.165) is 30.5 Å². The first-order valence-corrected chi connectivity index (χ1v) is 8.36. The third-order valence-electron chi connectivity index (χ3n) is 6.08. The Kier molecular flexibility index (Phi) is 2.96. The second-order valence-corrected chi connectivity index (χ2v) is 6.89. The minimum absolute atomic E-state index is 0.0911. The van der Waals surface area contributed by atoms with Crippen molar-refractivity contribution in [1.29, 1.82) is 0 Å². The topological polar surface area (TPSA) is 60.4 Å². The van der Waals surface area contributed by atoms with Crippen LogP contribution >= 0.6 is 0 Å². The normalized spacial score (nSPS) is 38.0. The molecule has 1 aliphatic carbocycles. The van der Waals surface area contributed by atoms with Crippen LogP contribution in [0.1, 0.15) is 30.2 Å². The third kappa shape index (κ3) is 1.61. The molecule has 1 saturated heterocycles. The van der Waals surface area contributed by atoms with Gasteiger partial charge in [0, 0.05) is 30.7 Å². The highest BCUT2D eigenvalue weighted by molar-refractivity contribution is 5.65. The Hall–Kier alpha value is -1.76. The summed E-state index contributed by atoms with van der Waals surface area (Å²) >= 11 is 0. The van der Waals surface area contributed by atoms with Gasteiger partial charge in [0.15, 0.2) is 11.5 Å². The molecule has 6 nitrogen and oxygen atoms in total. The van der Waals surface area contributed by atoms with Gasteiger partial charge in [-0.2, -0.15) is 0 Å². The third-order valence-corrected chi connectivity index (χ3v) is 6.08. The lowest BCUT2D eigenvalue weighted by molar-refractivity contribution is -0.0413. The Morgan fingerprint density at radius 2 is 2.21 bits per heavy atom. The van der Waals surface area contributed by atoms with E-state index >= 15 is 0 Å². The summed E-state index contributed by atoms with van der Waals surface area (Å²) < 4.78 is 22.4. The first-order valence-electron chi connectivity index (χ1n) is 8.36. The van der Waals surface area contributed by atoms with Crippen LogP contribution in [-0.2, 0) is 10.2 Å². The van der Waals surface area contributed by atoms with Crippen molar-refractivity contribution in [2.45, 2.75) is 36.6 Å². The monoisotopic (exact) mass is 331 g/mol. The van der Waals surface area contributed by atoms with Crippen LogP contribution in [0.3, 0.4) is 0 Å². The van der Waals surface area contributed by atoms with Crippen LogP contribution < -0.4 is 14.2 Å². The van der Waals surface area contributed by atoms with Crippen LogP contribution in [0, 0.1) is 0 Å². The SMILES string of the molecule is COc1c2c(cc3c1C(O)N1CC[C@]34C=CC(OC)C[C@@H]14)OCO2. The van der Waals surface area contributed by atoms with Crippen molar-refractivity contribution in [1.82, 2.24) is 4.90 Å². The van der Waals surface area contributed by atoms with Gasteiger partial charge in [0.25, 0.3) is 0 Å². The maximum Gasteiger partial charge on any atom is 0.231 e. The van der Waals surface area contributed by atoms with Gasteiger partial charge in [0.1, 0.15) is 6.23 Å². The van der Waals surface area contributed by atoms with Crippen molar-refractivity contribution in [3.63, 3.8) is 0 Å². The molecule has 2 bridgehead atoms. The summed E-state index contributed by atoms with van der Waals surface area (Å²) in [6, 6.07) is 2.26. The average molecular weight is 331 g/mol. The molecule has 1 fully saturated rings. The summed E-state index contributed by atoms with van der Waals surface area (Å²) in [4.78, 5) is 2.17. The molecule has 3 unspecified atom stereocenters. The number of hydrogen-bond donors (Lipinski definition) is 1. The van der Waals surface area contributed by atoms with Gasteiger partial charge >= 0.3 is 0 Å². The molecule has 5 rings (SSSR count). The molecular weight excluding hydrogens is 310 g/mol. The van der Waals surface area contributed by atoms with Crippen LogP contribution in [0.5, 0.6) is 17.2 Å². The Balaban J connectivity index is 1.77. The molecule has 0 spiro atoms. The fourth-order valence-corrected chi connectivity index (χ4v) is 4.96. The predicted octanol–water partition coefficient (Wildman–Crippen LogP) is 1.72. The van der Waals surface area contributed by atoms with E-state index in [2.05, 4.69) is 17.1 Å². The maximum atomic E-state index is 11.1. The van der Waals surface area contributed by atoms with Crippen molar-refractivity contribution in [3.8, 4) is 17.2 Å². The largest absolute Gasteiger partial charge is 0.492 e. The highest BCUT2D eigenvalue weighted by atomic mass is 16.7. The van der Waals surface area contributed by atoms with E-state index in [9.17, 15) is 5.11 Å². The number of ether oxygens (including phenoxy) is 4. The van der Waals surface area contributed by atoms with Crippen molar-refractivity contribution >= 4 is 0 Å². The first-order chi connectivity index (χ1) is 11.7. The molecule has 0 radical (unpaired) electrons. The number of methoxy groups -OCH3 is 2. The van der Waals surface area contributed by atoms with Crippen molar-refractivity contribution < 1.29 is 24.1 Å². The number of benzene rings is 1. The van der Waals surface area contributed by atoms with E-state index in [0.29, 0.717) is 17.2 Å². The van der Waals surface area contributed by atoms with Crippen LogP contribution in [0.25, 0.3) is 0 Å². The van der Waals surface area contributed by atoms with Crippen LogP contribution in [0.4, 0.5) is 0 Å². The van der Waals surface area contributed by atoms with Crippen LogP contribution in [0.2, 0.25) is 0 Å². The zero-order valence-corrected chi connectivity index (χ0v) is 13.8. The summed E-state index contributed by atoms with van der Waals surface area (Å²) in [5.74, 6) is 1.90. The molecule has 0 amide bonds. The lowest BCUT2D eigenvalue weighted by Crippen LogP contribution is -2.51. The van der Waals surface area contributed by atoms with Gasteiger partial charge in [-0.05, 0) is 24.5 Å². The Bertz CT molecular complexity index is 733. The number of hydrogen-bond acceptors (Lipinski definition) is 6. The molecule has 3 heterocycles. The summed E-state index contributed by atoms with van der Waals surface area (Å²) in [6.45, 7) is 1.03. The average Bonchev–Trinajstić information content (AvgIpc) is 3.20. The summed E-state index contributed by atoms with van der Waals surface area (Å²) in [6.07, 6.45) is 5.65. The molecule has 1 N–H and O–H groups in total. The molecule has 6 heteroatoms. The smallest absolute Gasteiger partial charge is 0.231 e. The lowest BCUT2D eigenvalue weighted by Gasteiger charge is -2.47. The molecule has 0 saturated carbocycles. The molecule has 1 aromatic rings. The molecule has 4 aliphatic rings. The van der Waals surface area contributed by atoms with Gasteiger partial charge in [-0.3, -0.25) is 4.90 Å². The van der Waals surface area contributed by atoms with Crippen LogP contribution in [0.15, 0.2) is 18.2 Å². The summed E-state index contributed by atoms with van der Waals surface area (Å²) in [5.41, 5.74) is 1.79. The Morgan fingerprint density at radius 3 is 3.00 bits per heavy atom. The molecular formula is C18H21NO5. The predicted molar refractivity (Wildman–Crippen MR) is 85.4 cm³/mol. The first kappa shape index (κ1) is 14.6. The van der Waals surface area contributed by atoms with Crippen molar-refractivity contribution in [2.75, 3.05) is 27.6 Å². The molecule has 128 valence electrons. The minimum atomic E-state index is -0.700. The summed E-state index contributed by atoms with van der Waals surface area (Å²) in [7, 11) is 3.35. The number of aliphatic hydroxyl groups excluding tert-OH is 1. The summed E-state index contributed by atoms with van der Waals surface area (Å²) in [5, 5.41) is 11.1. The number of aliphatic hydroxyl groups is 1. The number of nitrogens with zero attached hydrogens (tertiary/aromatic N) is 1. The number of rotatable bonds is 2. The van der Waals surface area contributed by atoms with Crippen molar-refractivity contribution in [2.24, 2.45) is 0 Å². The van der Waals surface area contributed by atoms with E-state index in [1.807, 2.05) is 6.07 Å². The highest BCUT2D eigenvalue weighted by Crippen LogP contribution is 2.59. The van der Waals surface area contributed by atoms with Gasteiger partial charge in [-0.25, -0.2) is 0 Å². The second kappa shape index (κ2) is 4.88. The molecule has 0 aromatic heterocycles. The Morgan fingerprint density at radius 1 is 1.33 bits per heavy atom. The quantitative estimate of drug-likeness (QED) is 0.833. The van der Waals surface area contributed by atoms with Gasteiger partial charge in [-0.15, -0.1) is 0 Å². The zero-order chi connectivity index (χ0) is 16.5. The molecule has 24 heavy (non-hydrogen) atoms. The molecule has 1 aromatic carbocycles.